The monoisotopic (exact) mass is 594 g/mol. The summed E-state index contributed by atoms with van der Waals surface area (Å²) in [5.74, 6) is 2.51. The summed E-state index contributed by atoms with van der Waals surface area (Å²) in [5.41, 5.74) is 5.43. The molecule has 2 aliphatic heterocycles. The molecule has 0 saturated carbocycles. The van der Waals surface area contributed by atoms with Crippen LogP contribution in [0.3, 0.4) is 0 Å². The third-order valence-electron chi connectivity index (χ3n) is 8.81. The van der Waals surface area contributed by atoms with Crippen LogP contribution in [0.2, 0.25) is 0 Å². The summed E-state index contributed by atoms with van der Waals surface area (Å²) in [7, 11) is 0. The lowest BCUT2D eigenvalue weighted by atomic mass is 9.70. The maximum atomic E-state index is 5.94. The Labute approximate surface area is 260 Å². The van der Waals surface area contributed by atoms with Crippen LogP contribution in [0, 0.1) is 0 Å². The molecule has 6 heteroatoms. The molecule has 2 unspecified atom stereocenters. The molecule has 2 fully saturated rings. The van der Waals surface area contributed by atoms with Crippen molar-refractivity contribution in [1.29, 1.82) is 0 Å². The maximum Gasteiger partial charge on any atom is 0.189 e. The molecule has 6 rings (SSSR count). The Morgan fingerprint density at radius 3 is 1.27 bits per heavy atom. The standard InChI is InChI=1S/C38H42O6/c1-5-39-26-44-34-16-10-28(11-17-34)37(2,3)27-6-8-29(9-7-27)38(4,30-12-18-32(19-13-30)40-22-35-24-42-35)31-14-20-33(21-15-31)41-23-36-25-43-36/h6-21,35-36H,5,22-26H2,1-4H3. The van der Waals surface area contributed by atoms with E-state index in [0.717, 1.165) is 30.5 Å². The van der Waals surface area contributed by atoms with Crippen molar-refractivity contribution < 1.29 is 28.4 Å². The average molecular weight is 595 g/mol. The second-order valence-corrected chi connectivity index (χ2v) is 12.2. The van der Waals surface area contributed by atoms with Gasteiger partial charge in [0, 0.05) is 17.4 Å². The van der Waals surface area contributed by atoms with Crippen molar-refractivity contribution in [2.75, 3.05) is 39.8 Å². The molecule has 0 N–H and O–H groups in total. The highest BCUT2D eigenvalue weighted by atomic mass is 16.7. The highest BCUT2D eigenvalue weighted by Crippen LogP contribution is 2.41. The zero-order valence-electron chi connectivity index (χ0n) is 26.1. The van der Waals surface area contributed by atoms with E-state index in [1.807, 2.05) is 19.1 Å². The van der Waals surface area contributed by atoms with Gasteiger partial charge in [0.1, 0.15) is 42.7 Å². The summed E-state index contributed by atoms with van der Waals surface area (Å²) in [5, 5.41) is 0. The third kappa shape index (κ3) is 6.94. The van der Waals surface area contributed by atoms with Gasteiger partial charge in [-0.2, -0.15) is 0 Å². The molecule has 2 aliphatic rings. The van der Waals surface area contributed by atoms with Crippen LogP contribution in [0.25, 0.3) is 0 Å². The van der Waals surface area contributed by atoms with Crippen LogP contribution in [0.5, 0.6) is 17.2 Å². The van der Waals surface area contributed by atoms with Gasteiger partial charge in [-0.25, -0.2) is 0 Å². The van der Waals surface area contributed by atoms with Gasteiger partial charge < -0.3 is 28.4 Å². The smallest absolute Gasteiger partial charge is 0.189 e. The van der Waals surface area contributed by atoms with Gasteiger partial charge in [0.2, 0.25) is 0 Å². The number of hydrogen-bond acceptors (Lipinski definition) is 6. The fourth-order valence-corrected chi connectivity index (χ4v) is 5.52. The normalized spacial score (nSPS) is 18.7. The van der Waals surface area contributed by atoms with Gasteiger partial charge in [0.05, 0.1) is 13.2 Å². The predicted octanol–water partition coefficient (Wildman–Crippen LogP) is 7.29. The average Bonchev–Trinajstić information content (AvgIpc) is 4.00. The number of benzene rings is 4. The van der Waals surface area contributed by atoms with Crippen molar-refractivity contribution in [3.8, 4) is 17.2 Å². The van der Waals surface area contributed by atoms with E-state index in [1.165, 1.54) is 27.8 Å². The molecule has 0 spiro atoms. The molecule has 4 aromatic rings. The van der Waals surface area contributed by atoms with Crippen LogP contribution in [-0.4, -0.2) is 52.0 Å². The van der Waals surface area contributed by atoms with Crippen LogP contribution < -0.4 is 14.2 Å². The van der Waals surface area contributed by atoms with Gasteiger partial charge in [0.15, 0.2) is 6.79 Å². The Kier molecular flexibility index (Phi) is 8.94. The van der Waals surface area contributed by atoms with Crippen LogP contribution in [0.4, 0.5) is 0 Å². The van der Waals surface area contributed by atoms with Crippen molar-refractivity contribution in [2.24, 2.45) is 0 Å². The first-order valence-corrected chi connectivity index (χ1v) is 15.5. The summed E-state index contributed by atoms with van der Waals surface area (Å²) < 4.78 is 33.5. The summed E-state index contributed by atoms with van der Waals surface area (Å²) in [6.45, 7) is 12.4. The van der Waals surface area contributed by atoms with E-state index in [4.69, 9.17) is 28.4 Å². The minimum absolute atomic E-state index is 0.193. The Morgan fingerprint density at radius 1 is 0.545 bits per heavy atom. The fraction of sp³-hybridized carbons (Fsp3) is 0.368. The van der Waals surface area contributed by atoms with Gasteiger partial charge in [-0.3, -0.25) is 0 Å². The van der Waals surface area contributed by atoms with Gasteiger partial charge in [-0.1, -0.05) is 74.5 Å². The highest BCUT2D eigenvalue weighted by Gasteiger charge is 2.33. The van der Waals surface area contributed by atoms with E-state index < -0.39 is 5.41 Å². The Balaban J connectivity index is 1.27. The highest BCUT2D eigenvalue weighted by molar-refractivity contribution is 5.52. The van der Waals surface area contributed by atoms with Gasteiger partial charge in [0.25, 0.3) is 0 Å². The van der Waals surface area contributed by atoms with Crippen molar-refractivity contribution in [1.82, 2.24) is 0 Å². The Hall–Kier alpha value is -3.84. The predicted molar refractivity (Wildman–Crippen MR) is 171 cm³/mol. The number of epoxide rings is 2. The van der Waals surface area contributed by atoms with E-state index in [0.29, 0.717) is 19.8 Å². The molecule has 4 aromatic carbocycles. The largest absolute Gasteiger partial charge is 0.491 e. The topological polar surface area (TPSA) is 62.0 Å². The second kappa shape index (κ2) is 13.0. The maximum absolute atomic E-state index is 5.94. The zero-order chi connectivity index (χ0) is 30.6. The zero-order valence-corrected chi connectivity index (χ0v) is 26.1. The molecule has 6 nitrogen and oxygen atoms in total. The quantitative estimate of drug-likeness (QED) is 0.0623. The summed E-state index contributed by atoms with van der Waals surface area (Å²) in [6.07, 6.45) is 0.447. The first-order valence-electron chi connectivity index (χ1n) is 15.5. The summed E-state index contributed by atoms with van der Waals surface area (Å²) in [4.78, 5) is 0. The van der Waals surface area contributed by atoms with Crippen molar-refractivity contribution in [2.45, 2.75) is 50.7 Å². The Bertz CT molecular complexity index is 1430. The van der Waals surface area contributed by atoms with Crippen molar-refractivity contribution >= 4 is 0 Å². The lowest BCUT2D eigenvalue weighted by molar-refractivity contribution is 0.0224. The molecule has 2 heterocycles. The molecule has 0 radical (unpaired) electrons. The lowest BCUT2D eigenvalue weighted by Gasteiger charge is -2.33. The summed E-state index contributed by atoms with van der Waals surface area (Å²) in [6, 6.07) is 34.3. The van der Waals surface area contributed by atoms with Gasteiger partial charge in [-0.15, -0.1) is 0 Å². The number of rotatable bonds is 15. The number of ether oxygens (including phenoxy) is 6. The van der Waals surface area contributed by atoms with E-state index in [9.17, 15) is 0 Å². The van der Waals surface area contributed by atoms with Crippen LogP contribution >= 0.6 is 0 Å². The molecule has 2 atom stereocenters. The van der Waals surface area contributed by atoms with Gasteiger partial charge >= 0.3 is 0 Å². The van der Waals surface area contributed by atoms with Crippen LogP contribution in [0.1, 0.15) is 55.5 Å². The van der Waals surface area contributed by atoms with E-state index in [2.05, 4.69) is 106 Å². The third-order valence-corrected chi connectivity index (χ3v) is 8.81. The fourth-order valence-electron chi connectivity index (χ4n) is 5.52. The first kappa shape index (κ1) is 30.2. The number of hydrogen-bond donors (Lipinski definition) is 0. The molecule has 2 saturated heterocycles. The molecule has 0 aliphatic carbocycles. The SMILES string of the molecule is CCOCOc1ccc(C(C)(C)c2ccc(C(C)(c3ccc(OCC4CO4)cc3)c3ccc(OCC4CO4)cc3)cc2)cc1. The van der Waals surface area contributed by atoms with Crippen molar-refractivity contribution in [3.05, 3.63) is 125 Å². The molecule has 0 bridgehead atoms. The lowest BCUT2D eigenvalue weighted by Crippen LogP contribution is -2.26. The van der Waals surface area contributed by atoms with Crippen LogP contribution in [0.15, 0.2) is 97.1 Å². The molecular formula is C38H42O6. The van der Waals surface area contributed by atoms with Crippen molar-refractivity contribution in [3.63, 3.8) is 0 Å². The molecular weight excluding hydrogens is 552 g/mol. The molecule has 0 aromatic heterocycles. The minimum Gasteiger partial charge on any atom is -0.491 e. The van der Waals surface area contributed by atoms with E-state index >= 15 is 0 Å². The van der Waals surface area contributed by atoms with E-state index in [1.54, 1.807) is 0 Å². The first-order chi connectivity index (χ1) is 21.4. The van der Waals surface area contributed by atoms with E-state index in [-0.39, 0.29) is 24.4 Å². The van der Waals surface area contributed by atoms with Crippen LogP contribution in [-0.2, 0) is 25.0 Å². The molecule has 230 valence electrons. The van der Waals surface area contributed by atoms with Gasteiger partial charge in [-0.05, 0) is 78.1 Å². The minimum atomic E-state index is -0.404. The summed E-state index contributed by atoms with van der Waals surface area (Å²) >= 11 is 0. The molecule has 0 amide bonds. The molecule has 44 heavy (non-hydrogen) atoms. The Morgan fingerprint density at radius 2 is 0.886 bits per heavy atom. The second-order valence-electron chi connectivity index (χ2n) is 12.2.